The lowest BCUT2D eigenvalue weighted by Gasteiger charge is -2.17. The molecule has 176 valence electrons. The molecule has 0 radical (unpaired) electrons. The Bertz CT molecular complexity index is 1080. The SMILES string of the molecule is COc1cc(F)cc(C(C)NCCOc2cc(-c3cnc(OC)nc3)cc(C(F)(F)F)c2)c1. The van der Waals surface area contributed by atoms with Crippen molar-refractivity contribution in [2.45, 2.75) is 19.1 Å². The van der Waals surface area contributed by atoms with E-state index in [1.165, 1.54) is 44.8 Å². The molecule has 33 heavy (non-hydrogen) atoms. The van der Waals surface area contributed by atoms with Gasteiger partial charge in [0, 0.05) is 36.6 Å². The Labute approximate surface area is 188 Å². The topological polar surface area (TPSA) is 65.5 Å². The molecule has 10 heteroatoms. The molecule has 6 nitrogen and oxygen atoms in total. The number of nitrogens with zero attached hydrogens (tertiary/aromatic N) is 2. The van der Waals surface area contributed by atoms with Crippen LogP contribution < -0.4 is 19.5 Å². The van der Waals surface area contributed by atoms with E-state index in [9.17, 15) is 17.6 Å². The summed E-state index contributed by atoms with van der Waals surface area (Å²) in [5, 5.41) is 3.15. The van der Waals surface area contributed by atoms with Crippen LogP contribution in [-0.4, -0.2) is 37.3 Å². The number of benzene rings is 2. The smallest absolute Gasteiger partial charge is 0.416 e. The van der Waals surface area contributed by atoms with E-state index in [2.05, 4.69) is 15.3 Å². The van der Waals surface area contributed by atoms with Gasteiger partial charge in [-0.25, -0.2) is 14.4 Å². The minimum Gasteiger partial charge on any atom is -0.497 e. The van der Waals surface area contributed by atoms with E-state index >= 15 is 0 Å². The van der Waals surface area contributed by atoms with Crippen LogP contribution >= 0.6 is 0 Å². The second kappa shape index (κ2) is 10.5. The molecular weight excluding hydrogens is 442 g/mol. The third kappa shape index (κ3) is 6.55. The Balaban J connectivity index is 1.69. The van der Waals surface area contributed by atoms with E-state index < -0.39 is 17.6 Å². The average molecular weight is 465 g/mol. The van der Waals surface area contributed by atoms with E-state index in [0.717, 1.165) is 12.1 Å². The summed E-state index contributed by atoms with van der Waals surface area (Å²) in [4.78, 5) is 7.87. The monoisotopic (exact) mass is 465 g/mol. The molecule has 0 aliphatic rings. The number of halogens is 4. The normalized spacial score (nSPS) is 12.3. The molecular formula is C23H23F4N3O3. The molecule has 0 aliphatic heterocycles. The van der Waals surface area contributed by atoms with Gasteiger partial charge in [0.25, 0.3) is 0 Å². The highest BCUT2D eigenvalue weighted by atomic mass is 19.4. The van der Waals surface area contributed by atoms with Crippen molar-refractivity contribution in [3.8, 4) is 28.6 Å². The number of ether oxygens (including phenoxy) is 3. The Hall–Kier alpha value is -3.40. The summed E-state index contributed by atoms with van der Waals surface area (Å²) in [6.45, 7) is 2.24. The number of rotatable bonds is 9. The van der Waals surface area contributed by atoms with Crippen molar-refractivity contribution < 1.29 is 31.8 Å². The predicted octanol–water partition coefficient (Wildman–Crippen LogP) is 5.05. The summed E-state index contributed by atoms with van der Waals surface area (Å²) in [6.07, 6.45) is -1.80. The maximum atomic E-state index is 13.7. The van der Waals surface area contributed by atoms with Crippen molar-refractivity contribution in [1.29, 1.82) is 0 Å². The molecule has 1 N–H and O–H groups in total. The zero-order chi connectivity index (χ0) is 24.0. The third-order valence-corrected chi connectivity index (χ3v) is 4.83. The van der Waals surface area contributed by atoms with Crippen LogP contribution in [0, 0.1) is 5.82 Å². The lowest BCUT2D eigenvalue weighted by atomic mass is 10.0. The summed E-state index contributed by atoms with van der Waals surface area (Å²) in [5.41, 5.74) is 0.473. The highest BCUT2D eigenvalue weighted by Gasteiger charge is 2.31. The Morgan fingerprint density at radius 1 is 0.909 bits per heavy atom. The summed E-state index contributed by atoms with van der Waals surface area (Å²) >= 11 is 0. The summed E-state index contributed by atoms with van der Waals surface area (Å²) < 4.78 is 69.4. The number of aromatic nitrogens is 2. The Morgan fingerprint density at radius 3 is 2.27 bits per heavy atom. The van der Waals surface area contributed by atoms with Gasteiger partial charge in [0.2, 0.25) is 0 Å². The molecule has 2 aromatic carbocycles. The van der Waals surface area contributed by atoms with Gasteiger partial charge in [0.1, 0.15) is 23.9 Å². The van der Waals surface area contributed by atoms with Crippen molar-refractivity contribution >= 4 is 0 Å². The van der Waals surface area contributed by atoms with E-state index in [0.29, 0.717) is 23.4 Å². The fraction of sp³-hybridized carbons (Fsp3) is 0.304. The Morgan fingerprint density at radius 2 is 1.64 bits per heavy atom. The first-order valence-electron chi connectivity index (χ1n) is 9.99. The standard InChI is InChI=1S/C23H23F4N3O3/c1-14(15-7-19(24)11-20(8-15)31-2)28-4-5-33-21-9-16(6-18(10-21)23(25,26)27)17-12-29-22(32-3)30-13-17/h6-14,28H,4-5H2,1-3H3. The third-order valence-electron chi connectivity index (χ3n) is 4.83. The Kier molecular flexibility index (Phi) is 7.70. The maximum absolute atomic E-state index is 13.7. The molecule has 1 aromatic heterocycles. The minimum atomic E-state index is -4.55. The van der Waals surface area contributed by atoms with Crippen molar-refractivity contribution in [2.75, 3.05) is 27.4 Å². The molecule has 1 heterocycles. The number of hydrogen-bond donors (Lipinski definition) is 1. The van der Waals surface area contributed by atoms with E-state index in [1.54, 1.807) is 6.07 Å². The van der Waals surface area contributed by atoms with Crippen molar-refractivity contribution in [2.24, 2.45) is 0 Å². The van der Waals surface area contributed by atoms with Gasteiger partial charge in [-0.1, -0.05) is 0 Å². The van der Waals surface area contributed by atoms with Gasteiger partial charge in [-0.3, -0.25) is 0 Å². The quantitative estimate of drug-likeness (QED) is 0.353. The fourth-order valence-corrected chi connectivity index (χ4v) is 3.10. The van der Waals surface area contributed by atoms with E-state index in [-0.39, 0.29) is 30.0 Å². The zero-order valence-corrected chi connectivity index (χ0v) is 18.2. The van der Waals surface area contributed by atoms with Crippen LogP contribution in [0.15, 0.2) is 48.8 Å². The van der Waals surface area contributed by atoms with Crippen LogP contribution in [0.1, 0.15) is 24.1 Å². The van der Waals surface area contributed by atoms with Gasteiger partial charge < -0.3 is 19.5 Å². The number of nitrogens with one attached hydrogen (secondary N) is 1. The lowest BCUT2D eigenvalue weighted by molar-refractivity contribution is -0.137. The highest BCUT2D eigenvalue weighted by Crippen LogP contribution is 2.35. The first-order valence-corrected chi connectivity index (χ1v) is 9.99. The second-order valence-electron chi connectivity index (χ2n) is 7.15. The summed E-state index contributed by atoms with van der Waals surface area (Å²) in [7, 11) is 2.84. The van der Waals surface area contributed by atoms with Gasteiger partial charge >= 0.3 is 12.2 Å². The summed E-state index contributed by atoms with van der Waals surface area (Å²) in [5.74, 6) is 0.0275. The predicted molar refractivity (Wildman–Crippen MR) is 114 cm³/mol. The van der Waals surface area contributed by atoms with Gasteiger partial charge in [0.15, 0.2) is 0 Å². The number of alkyl halides is 3. The van der Waals surface area contributed by atoms with Crippen LogP contribution in [0.25, 0.3) is 11.1 Å². The summed E-state index contributed by atoms with van der Waals surface area (Å²) in [6, 6.07) is 7.68. The molecule has 0 saturated heterocycles. The van der Waals surface area contributed by atoms with Crippen LogP contribution in [0.5, 0.6) is 17.5 Å². The minimum absolute atomic E-state index is 0.0533. The van der Waals surface area contributed by atoms with Crippen LogP contribution in [-0.2, 0) is 6.18 Å². The maximum Gasteiger partial charge on any atom is 0.416 e. The number of hydrogen-bond acceptors (Lipinski definition) is 6. The molecule has 1 unspecified atom stereocenters. The molecule has 3 aromatic rings. The van der Waals surface area contributed by atoms with Crippen molar-refractivity contribution in [3.05, 3.63) is 65.7 Å². The molecule has 3 rings (SSSR count). The van der Waals surface area contributed by atoms with Crippen LogP contribution in [0.4, 0.5) is 17.6 Å². The lowest BCUT2D eigenvalue weighted by Crippen LogP contribution is -2.24. The van der Waals surface area contributed by atoms with E-state index in [1.807, 2.05) is 6.92 Å². The van der Waals surface area contributed by atoms with Crippen LogP contribution in [0.2, 0.25) is 0 Å². The molecule has 0 fully saturated rings. The van der Waals surface area contributed by atoms with Gasteiger partial charge in [-0.2, -0.15) is 13.2 Å². The van der Waals surface area contributed by atoms with Gasteiger partial charge in [-0.15, -0.1) is 0 Å². The second-order valence-corrected chi connectivity index (χ2v) is 7.15. The van der Waals surface area contributed by atoms with Crippen LogP contribution in [0.3, 0.4) is 0 Å². The van der Waals surface area contributed by atoms with Crippen molar-refractivity contribution in [3.63, 3.8) is 0 Å². The molecule has 1 atom stereocenters. The van der Waals surface area contributed by atoms with Gasteiger partial charge in [0.05, 0.1) is 19.8 Å². The number of methoxy groups -OCH3 is 2. The molecule has 0 spiro atoms. The zero-order valence-electron chi connectivity index (χ0n) is 18.2. The highest BCUT2D eigenvalue weighted by molar-refractivity contribution is 5.65. The van der Waals surface area contributed by atoms with Crippen molar-refractivity contribution in [1.82, 2.24) is 15.3 Å². The first-order chi connectivity index (χ1) is 15.7. The van der Waals surface area contributed by atoms with Gasteiger partial charge in [-0.05, 0) is 48.4 Å². The molecule has 0 saturated carbocycles. The molecule has 0 aliphatic carbocycles. The first kappa shape index (κ1) is 24.2. The van der Waals surface area contributed by atoms with E-state index in [4.69, 9.17) is 14.2 Å². The fourth-order valence-electron chi connectivity index (χ4n) is 3.10. The largest absolute Gasteiger partial charge is 0.497 e. The average Bonchev–Trinajstić information content (AvgIpc) is 2.80. The molecule has 0 amide bonds. The molecule has 0 bridgehead atoms.